The zero-order chi connectivity index (χ0) is 11.6. The molecule has 1 heterocycles. The summed E-state index contributed by atoms with van der Waals surface area (Å²) in [4.78, 5) is 13.9. The van der Waals surface area contributed by atoms with Crippen LogP contribution in [0.4, 0.5) is 8.78 Å². The molecule has 15 heavy (non-hydrogen) atoms. The second kappa shape index (κ2) is 4.19. The second-order valence-electron chi connectivity index (χ2n) is 2.48. The summed E-state index contributed by atoms with van der Waals surface area (Å²) in [7, 11) is 0. The van der Waals surface area contributed by atoms with Gasteiger partial charge in [-0.05, 0) is 6.07 Å². The lowest BCUT2D eigenvalue weighted by atomic mass is 10.2. The Balaban J connectivity index is 3.49. The highest BCUT2D eigenvalue weighted by Crippen LogP contribution is 2.29. The van der Waals surface area contributed by atoms with Gasteiger partial charge in [0, 0.05) is 5.56 Å². The Hall–Kier alpha value is -1.74. The molecule has 78 valence electrons. The summed E-state index contributed by atoms with van der Waals surface area (Å²) in [6.07, 6.45) is -2.95. The maximum atomic E-state index is 12.4. The first kappa shape index (κ1) is 11.3. The van der Waals surface area contributed by atoms with E-state index >= 15 is 0 Å². The van der Waals surface area contributed by atoms with Gasteiger partial charge < -0.3 is 5.11 Å². The normalized spacial score (nSPS) is 10.1. The van der Waals surface area contributed by atoms with Gasteiger partial charge in [-0.25, -0.2) is 18.6 Å². The van der Waals surface area contributed by atoms with Gasteiger partial charge in [-0.1, -0.05) is 11.6 Å². The van der Waals surface area contributed by atoms with E-state index in [2.05, 4.69) is 4.98 Å². The van der Waals surface area contributed by atoms with Crippen LogP contribution in [-0.2, 0) is 0 Å². The molecule has 0 aliphatic rings. The van der Waals surface area contributed by atoms with E-state index in [0.29, 0.717) is 0 Å². The first-order valence-corrected chi connectivity index (χ1v) is 3.97. The van der Waals surface area contributed by atoms with Crippen LogP contribution in [-0.4, -0.2) is 16.1 Å². The third kappa shape index (κ3) is 2.19. The number of carbonyl (C=O) groups is 1. The Morgan fingerprint density at radius 3 is 2.67 bits per heavy atom. The van der Waals surface area contributed by atoms with E-state index in [4.69, 9.17) is 22.0 Å². The highest BCUT2D eigenvalue weighted by Gasteiger charge is 2.21. The molecular formula is C8H3ClF2N2O2. The third-order valence-electron chi connectivity index (χ3n) is 1.54. The zero-order valence-electron chi connectivity index (χ0n) is 7.04. The molecule has 7 heteroatoms. The molecule has 1 rings (SSSR count). The van der Waals surface area contributed by atoms with Crippen molar-refractivity contribution in [3.05, 3.63) is 28.0 Å². The molecule has 1 aromatic heterocycles. The van der Waals surface area contributed by atoms with Crippen LogP contribution in [0.1, 0.15) is 28.2 Å². The van der Waals surface area contributed by atoms with Gasteiger partial charge >= 0.3 is 5.97 Å². The van der Waals surface area contributed by atoms with E-state index in [1.165, 1.54) is 6.07 Å². The van der Waals surface area contributed by atoms with Crippen molar-refractivity contribution in [2.45, 2.75) is 6.43 Å². The molecule has 1 aromatic rings. The smallest absolute Gasteiger partial charge is 0.356 e. The van der Waals surface area contributed by atoms with Gasteiger partial charge in [0.2, 0.25) is 0 Å². The van der Waals surface area contributed by atoms with Crippen LogP contribution >= 0.6 is 11.6 Å². The Morgan fingerprint density at radius 1 is 1.67 bits per heavy atom. The van der Waals surface area contributed by atoms with Crippen molar-refractivity contribution < 1.29 is 18.7 Å². The number of hydrogen-bond donors (Lipinski definition) is 1. The van der Waals surface area contributed by atoms with Crippen molar-refractivity contribution >= 4 is 17.6 Å². The van der Waals surface area contributed by atoms with Gasteiger partial charge in [0.15, 0.2) is 5.69 Å². The molecule has 0 saturated heterocycles. The monoisotopic (exact) mass is 232 g/mol. The first-order chi connectivity index (χ1) is 6.97. The van der Waals surface area contributed by atoms with E-state index in [0.717, 1.165) is 6.07 Å². The van der Waals surface area contributed by atoms with E-state index in [-0.39, 0.29) is 0 Å². The number of halogens is 3. The molecule has 0 radical (unpaired) electrons. The molecule has 0 aliphatic carbocycles. The van der Waals surface area contributed by atoms with Crippen molar-refractivity contribution in [3.8, 4) is 6.07 Å². The summed E-state index contributed by atoms with van der Waals surface area (Å²) in [5, 5.41) is 16.4. The van der Waals surface area contributed by atoms with Gasteiger partial charge in [-0.15, -0.1) is 0 Å². The highest BCUT2D eigenvalue weighted by atomic mass is 35.5. The van der Waals surface area contributed by atoms with E-state index < -0.39 is 34.4 Å². The van der Waals surface area contributed by atoms with Gasteiger partial charge in [-0.3, -0.25) is 0 Å². The Kier molecular flexibility index (Phi) is 3.17. The number of alkyl halides is 2. The predicted octanol–water partition coefficient (Wildman–Crippen LogP) is 2.24. The maximum absolute atomic E-state index is 12.4. The number of aromatic carboxylic acids is 1. The van der Waals surface area contributed by atoms with E-state index in [1.807, 2.05) is 0 Å². The summed E-state index contributed by atoms with van der Waals surface area (Å²) in [5.41, 5.74) is -1.86. The number of carboxylic acids is 1. The molecule has 0 atom stereocenters. The largest absolute Gasteiger partial charge is 0.476 e. The first-order valence-electron chi connectivity index (χ1n) is 3.59. The van der Waals surface area contributed by atoms with E-state index in [1.54, 1.807) is 0 Å². The Morgan fingerprint density at radius 2 is 2.27 bits per heavy atom. The summed E-state index contributed by atoms with van der Waals surface area (Å²) >= 11 is 5.39. The van der Waals surface area contributed by atoms with Crippen molar-refractivity contribution in [3.63, 3.8) is 0 Å². The second-order valence-corrected chi connectivity index (χ2v) is 2.85. The standard InChI is InChI=1S/C8H3ClF2N2O2/c9-5-4(7(10)11)1-3(2-12)13-6(5)8(14)15/h1,7H,(H,14,15). The van der Waals surface area contributed by atoms with Crippen LogP contribution in [0.25, 0.3) is 0 Å². The van der Waals surface area contributed by atoms with E-state index in [9.17, 15) is 13.6 Å². The molecule has 0 aliphatic heterocycles. The number of nitrogens with zero attached hydrogens (tertiary/aromatic N) is 2. The summed E-state index contributed by atoms with van der Waals surface area (Å²) < 4.78 is 24.7. The number of carboxylic acid groups (broad SMARTS) is 1. The van der Waals surface area contributed by atoms with Gasteiger partial charge in [0.1, 0.15) is 11.8 Å². The molecule has 0 aromatic carbocycles. The van der Waals surface area contributed by atoms with Crippen LogP contribution in [0.3, 0.4) is 0 Å². The van der Waals surface area contributed by atoms with Crippen molar-refractivity contribution in [2.75, 3.05) is 0 Å². The summed E-state index contributed by atoms with van der Waals surface area (Å²) in [6, 6.07) is 2.24. The quantitative estimate of drug-likeness (QED) is 0.849. The molecule has 0 saturated carbocycles. The molecule has 1 N–H and O–H groups in total. The predicted molar refractivity (Wildman–Crippen MR) is 45.9 cm³/mol. The van der Waals surface area contributed by atoms with Crippen LogP contribution in [0.5, 0.6) is 0 Å². The lowest BCUT2D eigenvalue weighted by molar-refractivity contribution is 0.0690. The SMILES string of the molecule is N#Cc1cc(C(F)F)c(Cl)c(C(=O)O)n1. The van der Waals surface area contributed by atoms with Crippen LogP contribution in [0.2, 0.25) is 5.02 Å². The number of hydrogen-bond acceptors (Lipinski definition) is 3. The maximum Gasteiger partial charge on any atom is 0.356 e. The highest BCUT2D eigenvalue weighted by molar-refractivity contribution is 6.34. The topological polar surface area (TPSA) is 74.0 Å². The van der Waals surface area contributed by atoms with Crippen molar-refractivity contribution in [1.29, 1.82) is 5.26 Å². The molecule has 0 bridgehead atoms. The minimum atomic E-state index is -2.95. The molecule has 0 fully saturated rings. The third-order valence-corrected chi connectivity index (χ3v) is 1.94. The molecule has 4 nitrogen and oxygen atoms in total. The Bertz CT molecular complexity index is 457. The minimum Gasteiger partial charge on any atom is -0.476 e. The molecule has 0 unspecified atom stereocenters. The zero-order valence-corrected chi connectivity index (χ0v) is 7.79. The fourth-order valence-electron chi connectivity index (χ4n) is 0.907. The van der Waals surface area contributed by atoms with Gasteiger partial charge in [-0.2, -0.15) is 5.26 Å². The Labute approximate surface area is 87.7 Å². The summed E-state index contributed by atoms with van der Waals surface area (Å²) in [6.45, 7) is 0. The van der Waals surface area contributed by atoms with Crippen molar-refractivity contribution in [1.82, 2.24) is 4.98 Å². The lowest BCUT2D eigenvalue weighted by Crippen LogP contribution is -2.06. The minimum absolute atomic E-state index is 0.410. The number of pyridine rings is 1. The van der Waals surface area contributed by atoms with Crippen molar-refractivity contribution in [2.24, 2.45) is 0 Å². The number of rotatable bonds is 2. The lowest BCUT2D eigenvalue weighted by Gasteiger charge is -2.05. The van der Waals surface area contributed by atoms with Crippen LogP contribution in [0, 0.1) is 11.3 Å². The molecule has 0 amide bonds. The van der Waals surface area contributed by atoms with Crippen LogP contribution < -0.4 is 0 Å². The number of nitriles is 1. The average molecular weight is 233 g/mol. The number of aromatic nitrogens is 1. The molecular weight excluding hydrogens is 230 g/mol. The van der Waals surface area contributed by atoms with Gasteiger partial charge in [0.25, 0.3) is 6.43 Å². The fraction of sp³-hybridized carbons (Fsp3) is 0.125. The van der Waals surface area contributed by atoms with Crippen LogP contribution in [0.15, 0.2) is 6.07 Å². The van der Waals surface area contributed by atoms with Gasteiger partial charge in [0.05, 0.1) is 5.02 Å². The molecule has 0 spiro atoms. The average Bonchev–Trinajstić information content (AvgIpc) is 2.17. The fourth-order valence-corrected chi connectivity index (χ4v) is 1.17. The summed E-state index contributed by atoms with van der Waals surface area (Å²) in [5.74, 6) is -1.56.